The number of ether oxygens (including phenoxy) is 1. The molecule has 1 saturated heterocycles. The molecule has 0 aliphatic carbocycles. The smallest absolute Gasteiger partial charge is 0.387 e. The van der Waals surface area contributed by atoms with E-state index in [1.54, 1.807) is 0 Å². The Morgan fingerprint density at radius 2 is 1.70 bits per heavy atom. The minimum absolute atomic E-state index is 0.0163. The third-order valence-electron chi connectivity index (χ3n) is 4.04. The van der Waals surface area contributed by atoms with Gasteiger partial charge in [0.1, 0.15) is 24.6 Å². The molecule has 1 aliphatic heterocycles. The van der Waals surface area contributed by atoms with Gasteiger partial charge in [0.05, 0.1) is 5.39 Å². The number of aliphatic hydroxyl groups excluding tert-OH is 3. The second-order valence-electron chi connectivity index (χ2n) is 6.39. The molecule has 2 aromatic heterocycles. The van der Waals surface area contributed by atoms with Gasteiger partial charge in [-0.1, -0.05) is 0 Å². The van der Waals surface area contributed by atoms with Crippen molar-refractivity contribution in [3.63, 3.8) is 0 Å². The Bertz CT molecular complexity index is 1230. The molecule has 3 heterocycles. The number of rotatable bonds is 8. The van der Waals surface area contributed by atoms with Gasteiger partial charge in [-0.2, -0.15) is 8.62 Å². The summed E-state index contributed by atoms with van der Waals surface area (Å²) in [5.74, 6) is 0. The molecule has 7 N–H and O–H groups in total. The van der Waals surface area contributed by atoms with Crippen LogP contribution in [0.4, 0.5) is 0 Å². The fraction of sp³-hybridized carbons (Fsp3) is 0.417. The molecule has 3 unspecified atom stereocenters. The van der Waals surface area contributed by atoms with Gasteiger partial charge in [-0.3, -0.25) is 13.9 Å². The Morgan fingerprint density at radius 1 is 1.03 bits per heavy atom. The predicted octanol–water partition coefficient (Wildman–Crippen LogP) is -1.93. The minimum atomic E-state index is -5.87. The Balaban J connectivity index is 1.77. The lowest BCUT2D eigenvalue weighted by Gasteiger charge is -2.23. The highest BCUT2D eigenvalue weighted by atomic mass is 31.3. The Morgan fingerprint density at radius 3 is 2.33 bits per heavy atom. The molecule has 2 aromatic rings. The zero-order chi connectivity index (χ0) is 24.8. The number of pyridine rings is 1. The Kier molecular flexibility index (Phi) is 7.37. The molecule has 21 heteroatoms. The van der Waals surface area contributed by atoms with Crippen LogP contribution in [0.15, 0.2) is 29.5 Å². The van der Waals surface area contributed by atoms with E-state index in [1.807, 2.05) is 0 Å². The summed E-state index contributed by atoms with van der Waals surface area (Å²) in [6, 6.07) is 2.80. The summed E-state index contributed by atoms with van der Waals surface area (Å²) in [6.45, 7) is 0. The zero-order valence-corrected chi connectivity index (χ0v) is 18.5. The van der Waals surface area contributed by atoms with Gasteiger partial charge in [0, 0.05) is 6.20 Å². The zero-order valence-electron chi connectivity index (χ0n) is 15.8. The molecule has 33 heavy (non-hydrogen) atoms. The van der Waals surface area contributed by atoms with Gasteiger partial charge in [-0.15, -0.1) is 0 Å². The fourth-order valence-corrected chi connectivity index (χ4v) is 5.86. The molecular formula is C12H16N3O15P3. The van der Waals surface area contributed by atoms with E-state index in [0.717, 1.165) is 10.9 Å². The summed E-state index contributed by atoms with van der Waals surface area (Å²) in [7, 11) is -17.3. The van der Waals surface area contributed by atoms with Gasteiger partial charge in [-0.25, -0.2) is 23.7 Å². The maximum absolute atomic E-state index is 12.6. The number of hydrogen-bond acceptors (Lipinski definition) is 13. The van der Waals surface area contributed by atoms with Crippen molar-refractivity contribution in [3.8, 4) is 0 Å². The predicted molar refractivity (Wildman–Crippen MR) is 101 cm³/mol. The highest BCUT2D eigenvalue weighted by molar-refractivity contribution is 7.66. The molecule has 18 nitrogen and oxygen atoms in total. The van der Waals surface area contributed by atoms with Crippen molar-refractivity contribution in [1.82, 2.24) is 14.5 Å². The van der Waals surface area contributed by atoms with Crippen LogP contribution < -0.4 is 5.56 Å². The van der Waals surface area contributed by atoms with Gasteiger partial charge in [0.2, 0.25) is 0 Å². The van der Waals surface area contributed by atoms with Crippen LogP contribution in [0, 0.1) is 0 Å². The number of nitrogens with zero attached hydrogens (tertiary/aromatic N) is 3. The van der Waals surface area contributed by atoms with E-state index in [0.29, 0.717) is 0 Å². The quantitative estimate of drug-likeness (QED) is 0.143. The summed E-state index contributed by atoms with van der Waals surface area (Å²) in [6.07, 6.45) is -7.96. The molecule has 0 aromatic carbocycles. The average Bonchev–Trinajstić information content (AvgIpc) is 2.94. The van der Waals surface area contributed by atoms with Crippen LogP contribution in [-0.2, 0) is 31.6 Å². The van der Waals surface area contributed by atoms with Crippen molar-refractivity contribution in [1.29, 1.82) is 0 Å². The molecule has 7 atom stereocenters. The van der Waals surface area contributed by atoms with Gasteiger partial charge in [0.15, 0.2) is 18.2 Å². The Hall–Kier alpha value is -1.46. The fourth-order valence-electron chi connectivity index (χ4n) is 2.80. The molecule has 1 aliphatic rings. The van der Waals surface area contributed by atoms with E-state index in [4.69, 9.17) is 19.4 Å². The number of hydrogen-bond donors (Lipinski definition) is 7. The number of phosphoric ester groups is 1. The van der Waals surface area contributed by atoms with Crippen molar-refractivity contribution < 1.29 is 66.5 Å². The summed E-state index contributed by atoms with van der Waals surface area (Å²) >= 11 is 0. The lowest BCUT2D eigenvalue weighted by Crippen LogP contribution is -2.39. The van der Waals surface area contributed by atoms with E-state index in [9.17, 15) is 38.7 Å². The number of fused-ring (bicyclic) bond motifs is 1. The largest absolute Gasteiger partial charge is 0.490 e. The van der Waals surface area contributed by atoms with Crippen LogP contribution in [-0.4, -0.2) is 74.0 Å². The third-order valence-corrected chi connectivity index (χ3v) is 7.85. The maximum atomic E-state index is 12.6. The second-order valence-corrected chi connectivity index (χ2v) is 10.8. The molecular weight excluding hydrogens is 519 g/mol. The monoisotopic (exact) mass is 535 g/mol. The van der Waals surface area contributed by atoms with Gasteiger partial charge in [0.25, 0.3) is 5.56 Å². The lowest BCUT2D eigenvalue weighted by atomic mass is 10.1. The topological polar surface area (TPSA) is 278 Å². The van der Waals surface area contributed by atoms with Crippen molar-refractivity contribution in [3.05, 3.63) is 35.0 Å². The highest BCUT2D eigenvalue weighted by Crippen LogP contribution is 2.66. The first-order chi connectivity index (χ1) is 15.1. The molecule has 184 valence electrons. The van der Waals surface area contributed by atoms with Gasteiger partial charge in [-0.05, 0) is 12.1 Å². The SMILES string of the molecule is O=c1c2cccnc2ncn1[C@@H]1O[C@H](C(O)OP(=O)(O)OP(=O)(O)OP(=O)(O)O)[C@@H](O)[C@H]1O. The number of aromatic nitrogens is 3. The molecule has 3 rings (SSSR count). The van der Waals surface area contributed by atoms with Crippen molar-refractivity contribution in [2.75, 3.05) is 0 Å². The van der Waals surface area contributed by atoms with E-state index in [-0.39, 0.29) is 11.0 Å². The highest BCUT2D eigenvalue weighted by Gasteiger charge is 2.50. The number of aliphatic hydroxyl groups is 3. The van der Waals surface area contributed by atoms with Crippen molar-refractivity contribution >= 4 is 34.5 Å². The summed E-state index contributed by atoms with van der Waals surface area (Å²) in [5, 5.41) is 30.4. The molecule has 0 amide bonds. The molecule has 1 fully saturated rings. The van der Waals surface area contributed by atoms with E-state index in [2.05, 4.69) is 23.1 Å². The van der Waals surface area contributed by atoms with Crippen LogP contribution in [0.2, 0.25) is 0 Å². The lowest BCUT2D eigenvalue weighted by molar-refractivity contribution is -0.161. The third kappa shape index (κ3) is 6.16. The van der Waals surface area contributed by atoms with E-state index in [1.165, 1.54) is 18.3 Å². The maximum Gasteiger partial charge on any atom is 0.490 e. The van der Waals surface area contributed by atoms with Crippen LogP contribution in [0.5, 0.6) is 0 Å². The van der Waals surface area contributed by atoms with E-state index >= 15 is 0 Å². The molecule has 0 bridgehead atoms. The van der Waals surface area contributed by atoms with Gasteiger partial charge < -0.3 is 39.6 Å². The van der Waals surface area contributed by atoms with Crippen LogP contribution in [0.3, 0.4) is 0 Å². The summed E-state index contributed by atoms with van der Waals surface area (Å²) in [5.41, 5.74) is -0.691. The summed E-state index contributed by atoms with van der Waals surface area (Å²) in [4.78, 5) is 56.0. The minimum Gasteiger partial charge on any atom is -0.387 e. The first-order valence-corrected chi connectivity index (χ1v) is 13.0. The molecule has 0 radical (unpaired) electrons. The first-order valence-electron chi connectivity index (χ1n) is 8.44. The van der Waals surface area contributed by atoms with Crippen LogP contribution >= 0.6 is 23.5 Å². The van der Waals surface area contributed by atoms with Crippen LogP contribution in [0.1, 0.15) is 6.23 Å². The number of phosphoric acid groups is 3. The molecule has 0 spiro atoms. The van der Waals surface area contributed by atoms with Crippen molar-refractivity contribution in [2.24, 2.45) is 0 Å². The normalized spacial score (nSPS) is 28.3. The standard InChI is InChI=1S/C12H16N3O15P3/c16-6-7(17)11(15-4-14-9-5(10(15)18)2-1-3-13-9)27-8(6)12(19)28-32(23,24)30-33(25,26)29-31(20,21)22/h1-4,6-8,11-12,16-17,19H,(H,23,24)(H,25,26)(H2,20,21,22)/t6-,7+,8-,11+,12?/m0/s1. The Labute approximate surface area is 182 Å². The van der Waals surface area contributed by atoms with E-state index < -0.39 is 59.9 Å². The summed E-state index contributed by atoms with van der Waals surface area (Å²) < 4.78 is 50.9. The first kappa shape index (κ1) is 26.2. The van der Waals surface area contributed by atoms with Crippen molar-refractivity contribution in [2.45, 2.75) is 30.8 Å². The van der Waals surface area contributed by atoms with Crippen LogP contribution in [0.25, 0.3) is 11.0 Å². The average molecular weight is 535 g/mol. The molecule has 0 saturated carbocycles. The second kappa shape index (κ2) is 9.30. The van der Waals surface area contributed by atoms with Gasteiger partial charge >= 0.3 is 23.5 Å².